The summed E-state index contributed by atoms with van der Waals surface area (Å²) in [4.78, 5) is 0. The zero-order valence-electron chi connectivity index (χ0n) is 9.99. The van der Waals surface area contributed by atoms with Crippen LogP contribution in [0, 0.1) is 12.8 Å². The van der Waals surface area contributed by atoms with E-state index in [0.717, 1.165) is 17.3 Å². The lowest BCUT2D eigenvalue weighted by atomic mass is 9.88. The van der Waals surface area contributed by atoms with E-state index < -0.39 is 0 Å². The molecule has 2 unspecified atom stereocenters. The molecule has 1 aromatic heterocycles. The molecule has 0 bridgehead atoms. The molecule has 0 spiro atoms. The van der Waals surface area contributed by atoms with Crippen molar-refractivity contribution in [2.45, 2.75) is 39.0 Å². The van der Waals surface area contributed by atoms with Gasteiger partial charge in [-0.15, -0.1) is 0 Å². The van der Waals surface area contributed by atoms with Crippen LogP contribution in [0.15, 0.2) is 28.7 Å². The average Bonchev–Trinajstić information content (AvgIpc) is 2.81. The molecule has 0 saturated heterocycles. The van der Waals surface area contributed by atoms with Crippen LogP contribution in [0.3, 0.4) is 0 Å². The van der Waals surface area contributed by atoms with Crippen molar-refractivity contribution in [3.8, 4) is 0 Å². The lowest BCUT2D eigenvalue weighted by Crippen LogP contribution is -2.02. The smallest absolute Gasteiger partial charge is 0.134 e. The van der Waals surface area contributed by atoms with Gasteiger partial charge in [-0.3, -0.25) is 0 Å². The molecule has 0 radical (unpaired) electrons. The topological polar surface area (TPSA) is 13.1 Å². The van der Waals surface area contributed by atoms with E-state index in [2.05, 4.69) is 32.0 Å². The molecule has 1 nitrogen and oxygen atoms in total. The Hall–Kier alpha value is -1.24. The van der Waals surface area contributed by atoms with Crippen molar-refractivity contribution in [1.29, 1.82) is 0 Å². The van der Waals surface area contributed by atoms with Crippen LogP contribution in [0.1, 0.15) is 43.4 Å². The number of hydrogen-bond donors (Lipinski definition) is 0. The van der Waals surface area contributed by atoms with E-state index in [1.165, 1.54) is 30.2 Å². The Bertz CT molecular complexity index is 509. The SMILES string of the molecule is Cc1oc2ccccc2c1C1CCCC1C. The fourth-order valence-electron chi connectivity index (χ4n) is 3.22. The quantitative estimate of drug-likeness (QED) is 0.673. The van der Waals surface area contributed by atoms with Gasteiger partial charge >= 0.3 is 0 Å². The zero-order chi connectivity index (χ0) is 11.1. The Labute approximate surface area is 96.5 Å². The van der Waals surface area contributed by atoms with Gasteiger partial charge in [-0.05, 0) is 31.2 Å². The molecule has 1 fully saturated rings. The molecule has 1 saturated carbocycles. The van der Waals surface area contributed by atoms with Gasteiger partial charge in [0.1, 0.15) is 11.3 Å². The number of benzene rings is 1. The summed E-state index contributed by atoms with van der Waals surface area (Å²) < 4.78 is 5.86. The van der Waals surface area contributed by atoms with Crippen LogP contribution in [-0.4, -0.2) is 0 Å². The van der Waals surface area contributed by atoms with Gasteiger partial charge in [0.25, 0.3) is 0 Å². The maximum atomic E-state index is 5.86. The Morgan fingerprint density at radius 2 is 2.00 bits per heavy atom. The van der Waals surface area contributed by atoms with E-state index in [1.54, 1.807) is 0 Å². The van der Waals surface area contributed by atoms with E-state index >= 15 is 0 Å². The minimum Gasteiger partial charge on any atom is -0.461 e. The molecule has 1 aliphatic carbocycles. The molecule has 1 heterocycles. The van der Waals surface area contributed by atoms with Crippen LogP contribution in [0.5, 0.6) is 0 Å². The Morgan fingerprint density at radius 3 is 2.75 bits per heavy atom. The maximum absolute atomic E-state index is 5.86. The van der Waals surface area contributed by atoms with Crippen molar-refractivity contribution >= 4 is 11.0 Å². The van der Waals surface area contributed by atoms with Crippen LogP contribution in [0.2, 0.25) is 0 Å². The van der Waals surface area contributed by atoms with E-state index in [4.69, 9.17) is 4.42 Å². The van der Waals surface area contributed by atoms with Crippen molar-refractivity contribution in [1.82, 2.24) is 0 Å². The molecule has 2 aromatic rings. The Balaban J connectivity index is 2.18. The third-order valence-corrected chi connectivity index (χ3v) is 4.05. The summed E-state index contributed by atoms with van der Waals surface area (Å²) in [6.07, 6.45) is 4.06. The molecule has 16 heavy (non-hydrogen) atoms. The fourth-order valence-corrected chi connectivity index (χ4v) is 3.22. The van der Waals surface area contributed by atoms with Gasteiger partial charge in [-0.1, -0.05) is 38.0 Å². The molecule has 1 aliphatic rings. The highest BCUT2D eigenvalue weighted by Gasteiger charge is 2.29. The molecular weight excluding hydrogens is 196 g/mol. The number of fused-ring (bicyclic) bond motifs is 1. The second-order valence-corrected chi connectivity index (χ2v) is 5.08. The van der Waals surface area contributed by atoms with E-state index in [9.17, 15) is 0 Å². The number of furan rings is 1. The summed E-state index contributed by atoms with van der Waals surface area (Å²) in [5, 5.41) is 1.33. The molecular formula is C15H18O. The van der Waals surface area contributed by atoms with Gasteiger partial charge in [-0.25, -0.2) is 0 Å². The third-order valence-electron chi connectivity index (χ3n) is 4.05. The summed E-state index contributed by atoms with van der Waals surface area (Å²) >= 11 is 0. The molecule has 84 valence electrons. The standard InChI is InChI=1S/C15H18O/c1-10-6-5-8-12(10)15-11(2)16-14-9-4-3-7-13(14)15/h3-4,7,9-10,12H,5-6,8H2,1-2H3. The van der Waals surface area contributed by atoms with Crippen molar-refractivity contribution in [2.75, 3.05) is 0 Å². The molecule has 0 aliphatic heterocycles. The van der Waals surface area contributed by atoms with E-state index in [-0.39, 0.29) is 0 Å². The zero-order valence-corrected chi connectivity index (χ0v) is 9.99. The molecule has 3 rings (SSSR count). The van der Waals surface area contributed by atoms with Gasteiger partial charge < -0.3 is 4.42 Å². The number of para-hydroxylation sites is 1. The van der Waals surface area contributed by atoms with Crippen molar-refractivity contribution < 1.29 is 4.42 Å². The molecule has 1 aromatic carbocycles. The predicted molar refractivity (Wildman–Crippen MR) is 66.7 cm³/mol. The summed E-state index contributed by atoms with van der Waals surface area (Å²) in [7, 11) is 0. The highest BCUT2D eigenvalue weighted by atomic mass is 16.3. The summed E-state index contributed by atoms with van der Waals surface area (Å²) in [6, 6.07) is 8.44. The first kappa shape index (κ1) is 9.95. The van der Waals surface area contributed by atoms with Crippen LogP contribution >= 0.6 is 0 Å². The lowest BCUT2D eigenvalue weighted by molar-refractivity contribution is 0.510. The Kier molecular flexibility index (Phi) is 2.27. The number of aryl methyl sites for hydroxylation is 1. The van der Waals surface area contributed by atoms with E-state index in [1.807, 2.05) is 6.07 Å². The summed E-state index contributed by atoms with van der Waals surface area (Å²) in [5.74, 6) is 2.64. The van der Waals surface area contributed by atoms with E-state index in [0.29, 0.717) is 5.92 Å². The second-order valence-electron chi connectivity index (χ2n) is 5.08. The highest BCUT2D eigenvalue weighted by Crippen LogP contribution is 2.44. The molecule has 0 amide bonds. The van der Waals surface area contributed by atoms with Gasteiger partial charge in [0.2, 0.25) is 0 Å². The van der Waals surface area contributed by atoms with Gasteiger partial charge in [-0.2, -0.15) is 0 Å². The molecule has 0 N–H and O–H groups in total. The monoisotopic (exact) mass is 214 g/mol. The van der Waals surface area contributed by atoms with Crippen molar-refractivity contribution in [2.24, 2.45) is 5.92 Å². The normalized spacial score (nSPS) is 25.4. The average molecular weight is 214 g/mol. The van der Waals surface area contributed by atoms with Crippen molar-refractivity contribution in [3.63, 3.8) is 0 Å². The highest BCUT2D eigenvalue weighted by molar-refractivity contribution is 5.82. The second kappa shape index (κ2) is 3.65. The van der Waals surface area contributed by atoms with Gasteiger partial charge in [0.15, 0.2) is 0 Å². The molecule has 1 heteroatoms. The first-order valence-electron chi connectivity index (χ1n) is 6.25. The largest absolute Gasteiger partial charge is 0.461 e. The van der Waals surface area contributed by atoms with Crippen LogP contribution in [0.25, 0.3) is 11.0 Å². The van der Waals surface area contributed by atoms with Crippen molar-refractivity contribution in [3.05, 3.63) is 35.6 Å². The predicted octanol–water partition coefficient (Wildman–Crippen LogP) is 4.64. The van der Waals surface area contributed by atoms with Crippen LogP contribution in [0.4, 0.5) is 0 Å². The Morgan fingerprint density at radius 1 is 1.19 bits per heavy atom. The minimum atomic E-state index is 0.712. The number of hydrogen-bond acceptors (Lipinski definition) is 1. The maximum Gasteiger partial charge on any atom is 0.134 e. The lowest BCUT2D eigenvalue weighted by Gasteiger charge is -2.14. The first-order valence-corrected chi connectivity index (χ1v) is 6.25. The summed E-state index contributed by atoms with van der Waals surface area (Å²) in [6.45, 7) is 4.49. The van der Waals surface area contributed by atoms with Crippen LogP contribution < -0.4 is 0 Å². The fraction of sp³-hybridized carbons (Fsp3) is 0.467. The van der Waals surface area contributed by atoms with Crippen LogP contribution in [-0.2, 0) is 0 Å². The molecule has 2 atom stereocenters. The first-order chi connectivity index (χ1) is 7.77. The number of rotatable bonds is 1. The third kappa shape index (κ3) is 1.38. The summed E-state index contributed by atoms with van der Waals surface area (Å²) in [5.41, 5.74) is 2.52. The minimum absolute atomic E-state index is 0.712. The van der Waals surface area contributed by atoms with Gasteiger partial charge in [0.05, 0.1) is 0 Å². The van der Waals surface area contributed by atoms with Gasteiger partial charge in [0, 0.05) is 10.9 Å².